The monoisotopic (exact) mass is 192 g/mol. The Bertz CT molecular complexity index is 216. The van der Waals surface area contributed by atoms with Crippen LogP contribution in [0, 0.1) is 0 Å². The summed E-state index contributed by atoms with van der Waals surface area (Å²) in [6.45, 7) is 0. The molecule has 0 aromatic carbocycles. The van der Waals surface area contributed by atoms with Crippen molar-refractivity contribution in [1.82, 2.24) is 10.2 Å². The second-order valence-electron chi connectivity index (χ2n) is 1.96. The van der Waals surface area contributed by atoms with Crippen LogP contribution in [0.15, 0.2) is 0 Å². The Morgan fingerprint density at radius 1 is 1.55 bits per heavy atom. The molecule has 0 radical (unpaired) electrons. The molecule has 11 heavy (non-hydrogen) atoms. The number of aromatic nitrogens is 2. The molecule has 62 valence electrons. The van der Waals surface area contributed by atoms with E-state index >= 15 is 0 Å². The van der Waals surface area contributed by atoms with Crippen molar-refractivity contribution >= 4 is 22.9 Å². The van der Waals surface area contributed by atoms with Gasteiger partial charge in [-0.15, -0.1) is 21.8 Å². The Morgan fingerprint density at radius 2 is 2.36 bits per heavy atom. The fourth-order valence-electron chi connectivity index (χ4n) is 0.640. The second-order valence-corrected chi connectivity index (χ2v) is 3.36. The van der Waals surface area contributed by atoms with Crippen LogP contribution in [0.3, 0.4) is 0 Å². The summed E-state index contributed by atoms with van der Waals surface area (Å²) in [6.07, 6.45) is 1.84. The fraction of sp³-hybridized carbons (Fsp3) is 0.667. The van der Waals surface area contributed by atoms with Gasteiger partial charge in [0.1, 0.15) is 5.01 Å². The van der Waals surface area contributed by atoms with Crippen LogP contribution >= 0.6 is 22.9 Å². The number of hydrogen-bond acceptors (Lipinski definition) is 4. The molecule has 5 heteroatoms. The van der Waals surface area contributed by atoms with Gasteiger partial charge < -0.3 is 4.74 Å². The van der Waals surface area contributed by atoms with Gasteiger partial charge in [0.25, 0.3) is 5.19 Å². The third kappa shape index (κ3) is 2.63. The van der Waals surface area contributed by atoms with Crippen molar-refractivity contribution in [3.05, 3.63) is 5.01 Å². The Hall–Kier alpha value is -0.350. The number of aryl methyl sites for hydroxylation is 1. The Kier molecular flexibility index (Phi) is 3.59. The summed E-state index contributed by atoms with van der Waals surface area (Å²) in [4.78, 5) is 0. The minimum absolute atomic E-state index is 0.620. The minimum atomic E-state index is 0.620. The van der Waals surface area contributed by atoms with Gasteiger partial charge in [-0.2, -0.15) is 0 Å². The van der Waals surface area contributed by atoms with Crippen LogP contribution in [-0.2, 0) is 6.42 Å². The van der Waals surface area contributed by atoms with Crippen LogP contribution in [0.25, 0.3) is 0 Å². The van der Waals surface area contributed by atoms with Crippen molar-refractivity contribution in [3.8, 4) is 5.19 Å². The lowest BCUT2D eigenvalue weighted by molar-refractivity contribution is 0.407. The molecule has 0 amide bonds. The van der Waals surface area contributed by atoms with Crippen LogP contribution in [0.2, 0.25) is 0 Å². The lowest BCUT2D eigenvalue weighted by atomic mass is 10.4. The summed E-state index contributed by atoms with van der Waals surface area (Å²) in [5.74, 6) is 0.669. The van der Waals surface area contributed by atoms with Crippen LogP contribution in [0.5, 0.6) is 5.19 Å². The number of methoxy groups -OCH3 is 1. The highest BCUT2D eigenvalue weighted by Gasteiger charge is 2.01. The maximum Gasteiger partial charge on any atom is 0.293 e. The van der Waals surface area contributed by atoms with Crippen LogP contribution < -0.4 is 4.74 Å². The SMILES string of the molecule is COc1nnc(CCCCl)s1. The Labute approximate surface area is 74.4 Å². The zero-order valence-corrected chi connectivity index (χ0v) is 7.78. The molecular weight excluding hydrogens is 184 g/mol. The highest BCUT2D eigenvalue weighted by molar-refractivity contribution is 7.13. The van der Waals surface area contributed by atoms with Crippen molar-refractivity contribution in [3.63, 3.8) is 0 Å². The summed E-state index contributed by atoms with van der Waals surface area (Å²) < 4.78 is 4.89. The van der Waals surface area contributed by atoms with E-state index in [9.17, 15) is 0 Å². The zero-order valence-electron chi connectivity index (χ0n) is 6.21. The lowest BCUT2D eigenvalue weighted by Crippen LogP contribution is -1.84. The first kappa shape index (κ1) is 8.74. The van der Waals surface area contributed by atoms with Gasteiger partial charge in [0.2, 0.25) is 0 Å². The fourth-order valence-corrected chi connectivity index (χ4v) is 1.47. The summed E-state index contributed by atoms with van der Waals surface area (Å²) in [5.41, 5.74) is 0. The molecule has 1 rings (SSSR count). The van der Waals surface area contributed by atoms with E-state index in [-0.39, 0.29) is 0 Å². The van der Waals surface area contributed by atoms with Gasteiger partial charge in [0.05, 0.1) is 7.11 Å². The van der Waals surface area contributed by atoms with E-state index in [1.807, 2.05) is 0 Å². The molecule has 1 aromatic heterocycles. The molecule has 1 heterocycles. The molecule has 0 aliphatic carbocycles. The molecule has 3 nitrogen and oxygen atoms in total. The molecule has 0 aliphatic rings. The predicted molar refractivity (Wildman–Crippen MR) is 45.5 cm³/mol. The second kappa shape index (κ2) is 4.51. The summed E-state index contributed by atoms with van der Waals surface area (Å²) in [7, 11) is 1.59. The van der Waals surface area contributed by atoms with Crippen molar-refractivity contribution in [2.24, 2.45) is 0 Å². The zero-order chi connectivity index (χ0) is 8.10. The Balaban J connectivity index is 2.44. The third-order valence-electron chi connectivity index (χ3n) is 1.15. The molecule has 0 atom stereocenters. The van der Waals surface area contributed by atoms with Gasteiger partial charge in [-0.1, -0.05) is 11.3 Å². The van der Waals surface area contributed by atoms with Crippen molar-refractivity contribution < 1.29 is 4.74 Å². The maximum atomic E-state index is 5.52. The highest BCUT2D eigenvalue weighted by Crippen LogP contribution is 2.17. The van der Waals surface area contributed by atoms with Gasteiger partial charge >= 0.3 is 0 Å². The molecule has 0 saturated heterocycles. The van der Waals surface area contributed by atoms with Crippen LogP contribution in [0.4, 0.5) is 0 Å². The van der Waals surface area contributed by atoms with E-state index in [0.717, 1.165) is 17.8 Å². The van der Waals surface area contributed by atoms with E-state index < -0.39 is 0 Å². The van der Waals surface area contributed by atoms with E-state index in [0.29, 0.717) is 11.1 Å². The molecule has 0 unspecified atom stereocenters. The normalized spacial score (nSPS) is 10.0. The van der Waals surface area contributed by atoms with E-state index in [4.69, 9.17) is 16.3 Å². The molecular formula is C6H9ClN2OS. The number of hydrogen-bond donors (Lipinski definition) is 0. The van der Waals surface area contributed by atoms with E-state index in [2.05, 4.69) is 10.2 Å². The molecule has 0 fully saturated rings. The number of halogens is 1. The smallest absolute Gasteiger partial charge is 0.293 e. The lowest BCUT2D eigenvalue weighted by Gasteiger charge is -1.88. The average molecular weight is 193 g/mol. The van der Waals surface area contributed by atoms with Gasteiger partial charge in [0, 0.05) is 12.3 Å². The van der Waals surface area contributed by atoms with Crippen molar-refractivity contribution in [1.29, 1.82) is 0 Å². The third-order valence-corrected chi connectivity index (χ3v) is 2.36. The average Bonchev–Trinajstić information content (AvgIpc) is 2.48. The van der Waals surface area contributed by atoms with Gasteiger partial charge in [0.15, 0.2) is 0 Å². The number of rotatable bonds is 4. The van der Waals surface area contributed by atoms with E-state index in [1.165, 1.54) is 11.3 Å². The molecule has 0 N–H and O–H groups in total. The first-order chi connectivity index (χ1) is 5.36. The standard InChI is InChI=1S/C6H9ClN2OS/c1-10-6-9-8-5(11-6)3-2-4-7/h2-4H2,1H3. The van der Waals surface area contributed by atoms with Gasteiger partial charge in [-0.05, 0) is 6.42 Å². The highest BCUT2D eigenvalue weighted by atomic mass is 35.5. The summed E-state index contributed by atoms with van der Waals surface area (Å²) in [6, 6.07) is 0. The van der Waals surface area contributed by atoms with Gasteiger partial charge in [-0.3, -0.25) is 0 Å². The minimum Gasteiger partial charge on any atom is -0.472 e. The topological polar surface area (TPSA) is 35.0 Å². The van der Waals surface area contributed by atoms with E-state index in [1.54, 1.807) is 7.11 Å². The summed E-state index contributed by atoms with van der Waals surface area (Å²) in [5, 5.41) is 9.31. The largest absolute Gasteiger partial charge is 0.472 e. The first-order valence-corrected chi connectivity index (χ1v) is 4.64. The van der Waals surface area contributed by atoms with Crippen LogP contribution in [0.1, 0.15) is 11.4 Å². The molecule has 1 aromatic rings. The first-order valence-electron chi connectivity index (χ1n) is 3.29. The van der Waals surface area contributed by atoms with Gasteiger partial charge in [-0.25, -0.2) is 0 Å². The number of ether oxygens (including phenoxy) is 1. The number of alkyl halides is 1. The molecule has 0 aliphatic heterocycles. The van der Waals surface area contributed by atoms with Crippen molar-refractivity contribution in [2.45, 2.75) is 12.8 Å². The molecule has 0 bridgehead atoms. The van der Waals surface area contributed by atoms with Crippen molar-refractivity contribution in [2.75, 3.05) is 13.0 Å². The summed E-state index contributed by atoms with van der Waals surface area (Å²) >= 11 is 6.99. The van der Waals surface area contributed by atoms with Crippen LogP contribution in [-0.4, -0.2) is 23.2 Å². The molecule has 0 spiro atoms. The quantitative estimate of drug-likeness (QED) is 0.682. The Morgan fingerprint density at radius 3 is 2.91 bits per heavy atom. The maximum absolute atomic E-state index is 5.52. The predicted octanol–water partition coefficient (Wildman–Crippen LogP) is 1.72. The molecule has 0 saturated carbocycles. The number of nitrogens with zero attached hydrogens (tertiary/aromatic N) is 2.